The smallest absolute Gasteiger partial charge is 0.0106 e. The van der Waals surface area contributed by atoms with Gasteiger partial charge in [-0.25, -0.2) is 0 Å². The minimum atomic E-state index is 0. The summed E-state index contributed by atoms with van der Waals surface area (Å²) in [7, 11) is 0. The molecule has 0 heterocycles. The average molecular weight is 185 g/mol. The Labute approximate surface area is 81.4 Å². The van der Waals surface area contributed by atoms with E-state index in [1.807, 2.05) is 0 Å². The Balaban J connectivity index is 0.00000121. The molecule has 0 nitrogen and oxygen atoms in total. The maximum absolute atomic E-state index is 2.28. The number of halogens is 1. The van der Waals surface area contributed by atoms with Crippen molar-refractivity contribution in [3.05, 3.63) is 35.9 Å². The minimum absolute atomic E-state index is 0. The van der Waals surface area contributed by atoms with Crippen molar-refractivity contribution in [2.45, 2.75) is 32.6 Å². The highest BCUT2D eigenvalue weighted by Crippen LogP contribution is 2.25. The standard InChI is InChI=1S/C11H16.ClH/c1-4-11(2,3)10-8-6-5-7-9-10;/h5-9H,4H2,1-3H3;1H. The molecule has 0 radical (unpaired) electrons. The van der Waals surface area contributed by atoms with Gasteiger partial charge in [0.05, 0.1) is 0 Å². The van der Waals surface area contributed by atoms with E-state index in [1.54, 1.807) is 0 Å². The van der Waals surface area contributed by atoms with E-state index in [0.717, 1.165) is 0 Å². The Morgan fingerprint density at radius 1 is 1.08 bits per heavy atom. The molecule has 0 saturated carbocycles. The third-order valence-electron chi connectivity index (χ3n) is 2.44. The summed E-state index contributed by atoms with van der Waals surface area (Å²) >= 11 is 0. The summed E-state index contributed by atoms with van der Waals surface area (Å²) in [5.74, 6) is 0. The van der Waals surface area contributed by atoms with E-state index in [0.29, 0.717) is 5.41 Å². The lowest BCUT2D eigenvalue weighted by molar-refractivity contribution is 0.506. The quantitative estimate of drug-likeness (QED) is 0.656. The Hall–Kier alpha value is -0.490. The van der Waals surface area contributed by atoms with E-state index in [2.05, 4.69) is 51.1 Å². The average Bonchev–Trinajstić information content (AvgIpc) is 2.06. The molecule has 0 atom stereocenters. The van der Waals surface area contributed by atoms with Crippen molar-refractivity contribution < 1.29 is 0 Å². The Morgan fingerprint density at radius 2 is 1.58 bits per heavy atom. The van der Waals surface area contributed by atoms with E-state index in [1.165, 1.54) is 12.0 Å². The molecule has 0 unspecified atom stereocenters. The van der Waals surface area contributed by atoms with E-state index in [4.69, 9.17) is 0 Å². The summed E-state index contributed by atoms with van der Waals surface area (Å²) in [5.41, 5.74) is 1.77. The second-order valence-corrected chi connectivity index (χ2v) is 3.60. The predicted octanol–water partition coefficient (Wildman–Crippen LogP) is 3.80. The molecular weight excluding hydrogens is 168 g/mol. The lowest BCUT2D eigenvalue weighted by Gasteiger charge is -2.22. The van der Waals surface area contributed by atoms with Crippen LogP contribution in [0.4, 0.5) is 0 Å². The van der Waals surface area contributed by atoms with E-state index < -0.39 is 0 Å². The van der Waals surface area contributed by atoms with Gasteiger partial charge in [0.2, 0.25) is 0 Å². The van der Waals surface area contributed by atoms with Crippen LogP contribution in [0.2, 0.25) is 0 Å². The molecule has 12 heavy (non-hydrogen) atoms. The van der Waals surface area contributed by atoms with Crippen LogP contribution in [0, 0.1) is 0 Å². The molecule has 0 saturated heterocycles. The second kappa shape index (κ2) is 4.51. The van der Waals surface area contributed by atoms with Crippen LogP contribution in [-0.4, -0.2) is 0 Å². The maximum atomic E-state index is 2.28. The first-order chi connectivity index (χ1) is 5.17. The monoisotopic (exact) mass is 184 g/mol. The summed E-state index contributed by atoms with van der Waals surface area (Å²) in [6, 6.07) is 10.7. The van der Waals surface area contributed by atoms with Crippen molar-refractivity contribution in [3.63, 3.8) is 0 Å². The van der Waals surface area contributed by atoms with Crippen LogP contribution in [0.3, 0.4) is 0 Å². The molecule has 0 aliphatic heterocycles. The number of hydrogen-bond donors (Lipinski definition) is 0. The van der Waals surface area contributed by atoms with Gasteiger partial charge >= 0.3 is 0 Å². The Morgan fingerprint density at radius 3 is 2.00 bits per heavy atom. The molecule has 0 aliphatic carbocycles. The lowest BCUT2D eigenvalue weighted by Crippen LogP contribution is -2.14. The summed E-state index contributed by atoms with van der Waals surface area (Å²) < 4.78 is 0. The van der Waals surface area contributed by atoms with Gasteiger partial charge in [-0.2, -0.15) is 0 Å². The van der Waals surface area contributed by atoms with E-state index in [9.17, 15) is 0 Å². The van der Waals surface area contributed by atoms with Crippen molar-refractivity contribution in [2.75, 3.05) is 0 Å². The zero-order chi connectivity index (χ0) is 8.32. The van der Waals surface area contributed by atoms with Gasteiger partial charge in [-0.3, -0.25) is 0 Å². The molecule has 0 aliphatic rings. The molecule has 1 aromatic rings. The normalized spacial score (nSPS) is 10.6. The molecule has 0 fully saturated rings. The van der Waals surface area contributed by atoms with Crippen LogP contribution >= 0.6 is 12.4 Å². The third-order valence-corrected chi connectivity index (χ3v) is 2.44. The number of rotatable bonds is 2. The van der Waals surface area contributed by atoms with Crippen molar-refractivity contribution >= 4 is 12.4 Å². The topological polar surface area (TPSA) is 0 Å². The van der Waals surface area contributed by atoms with E-state index >= 15 is 0 Å². The predicted molar refractivity (Wildman–Crippen MR) is 57.0 cm³/mol. The zero-order valence-electron chi connectivity index (χ0n) is 8.00. The van der Waals surface area contributed by atoms with Gasteiger partial charge in [0.15, 0.2) is 0 Å². The second-order valence-electron chi connectivity index (χ2n) is 3.60. The van der Waals surface area contributed by atoms with Gasteiger partial charge in [0.25, 0.3) is 0 Å². The van der Waals surface area contributed by atoms with Gasteiger partial charge in [0.1, 0.15) is 0 Å². The first kappa shape index (κ1) is 11.5. The fourth-order valence-electron chi connectivity index (χ4n) is 1.09. The van der Waals surface area contributed by atoms with Crippen LogP contribution in [0.5, 0.6) is 0 Å². The van der Waals surface area contributed by atoms with Gasteiger partial charge in [0, 0.05) is 0 Å². The molecule has 0 aromatic heterocycles. The number of hydrogen-bond acceptors (Lipinski definition) is 0. The highest BCUT2D eigenvalue weighted by molar-refractivity contribution is 5.85. The molecule has 0 spiro atoms. The molecule has 0 amide bonds. The van der Waals surface area contributed by atoms with E-state index in [-0.39, 0.29) is 12.4 Å². The molecular formula is C11H17Cl. The summed E-state index contributed by atoms with van der Waals surface area (Å²) in [6.07, 6.45) is 1.19. The van der Waals surface area contributed by atoms with Crippen LogP contribution in [0.15, 0.2) is 30.3 Å². The van der Waals surface area contributed by atoms with Crippen molar-refractivity contribution in [3.8, 4) is 0 Å². The minimum Gasteiger partial charge on any atom is -0.147 e. The van der Waals surface area contributed by atoms with Crippen LogP contribution < -0.4 is 0 Å². The van der Waals surface area contributed by atoms with Crippen LogP contribution in [-0.2, 0) is 5.41 Å². The lowest BCUT2D eigenvalue weighted by atomic mass is 9.82. The summed E-state index contributed by atoms with van der Waals surface area (Å²) in [5, 5.41) is 0. The number of benzene rings is 1. The van der Waals surface area contributed by atoms with Gasteiger partial charge < -0.3 is 0 Å². The largest absolute Gasteiger partial charge is 0.147 e. The zero-order valence-corrected chi connectivity index (χ0v) is 8.82. The van der Waals surface area contributed by atoms with Crippen LogP contribution in [0.25, 0.3) is 0 Å². The molecule has 1 heteroatoms. The van der Waals surface area contributed by atoms with Crippen molar-refractivity contribution in [1.82, 2.24) is 0 Å². The molecule has 0 bridgehead atoms. The third kappa shape index (κ3) is 2.53. The Kier molecular flexibility index (Phi) is 4.33. The molecule has 68 valence electrons. The van der Waals surface area contributed by atoms with Crippen LogP contribution in [0.1, 0.15) is 32.8 Å². The molecule has 0 N–H and O–H groups in total. The first-order valence-corrected chi connectivity index (χ1v) is 4.22. The highest BCUT2D eigenvalue weighted by Gasteiger charge is 2.16. The summed E-state index contributed by atoms with van der Waals surface area (Å²) in [4.78, 5) is 0. The fourth-order valence-corrected chi connectivity index (χ4v) is 1.09. The fraction of sp³-hybridized carbons (Fsp3) is 0.455. The van der Waals surface area contributed by atoms with Gasteiger partial charge in [-0.05, 0) is 17.4 Å². The van der Waals surface area contributed by atoms with Gasteiger partial charge in [-0.15, -0.1) is 12.4 Å². The van der Waals surface area contributed by atoms with Gasteiger partial charge in [-0.1, -0.05) is 51.1 Å². The molecule has 1 aromatic carbocycles. The first-order valence-electron chi connectivity index (χ1n) is 4.22. The van der Waals surface area contributed by atoms with Crippen molar-refractivity contribution in [2.24, 2.45) is 0 Å². The highest BCUT2D eigenvalue weighted by atomic mass is 35.5. The van der Waals surface area contributed by atoms with Crippen molar-refractivity contribution in [1.29, 1.82) is 0 Å². The Bertz CT molecular complexity index is 214. The maximum Gasteiger partial charge on any atom is -0.0106 e. The SMILES string of the molecule is CCC(C)(C)c1ccccc1.Cl. The summed E-state index contributed by atoms with van der Waals surface area (Å²) in [6.45, 7) is 6.79. The molecule has 1 rings (SSSR count).